The van der Waals surface area contributed by atoms with E-state index in [1.54, 1.807) is 0 Å². The molecule has 3 aromatic rings. The highest BCUT2D eigenvalue weighted by Crippen LogP contribution is 2.43. The van der Waals surface area contributed by atoms with Gasteiger partial charge in [0.05, 0.1) is 12.7 Å². The fourth-order valence-electron chi connectivity index (χ4n) is 4.83. The number of hydrogen-bond acceptors (Lipinski definition) is 15. The van der Waals surface area contributed by atoms with Crippen molar-refractivity contribution in [2.45, 2.75) is 68.3 Å². The summed E-state index contributed by atoms with van der Waals surface area (Å²) in [6.45, 7) is 0.611. The van der Waals surface area contributed by atoms with Crippen LogP contribution in [0, 0.1) is 0 Å². The molecule has 2 saturated heterocycles. The molecular weight excluding hydrogens is 564 g/mol. The maximum Gasteiger partial charge on any atom is 0.229 e. The average molecular weight is 595 g/mol. The second kappa shape index (κ2) is 11.6. The van der Waals surface area contributed by atoms with Gasteiger partial charge in [-0.2, -0.15) is 0 Å². The maximum atomic E-state index is 12.8. The Kier molecular flexibility index (Phi) is 8.30. The van der Waals surface area contributed by atoms with E-state index in [0.29, 0.717) is 5.56 Å². The first-order chi connectivity index (χ1) is 19.9. The van der Waals surface area contributed by atoms with Crippen molar-refractivity contribution in [2.75, 3.05) is 6.61 Å². The lowest BCUT2D eigenvalue weighted by molar-refractivity contribution is -0.354. The predicted octanol–water partition coefficient (Wildman–Crippen LogP) is -1.39. The van der Waals surface area contributed by atoms with E-state index in [4.69, 9.17) is 23.4 Å². The van der Waals surface area contributed by atoms with Crippen LogP contribution < -0.4 is 10.2 Å². The molecule has 42 heavy (non-hydrogen) atoms. The zero-order valence-electron chi connectivity index (χ0n) is 21.9. The van der Waals surface area contributed by atoms with Gasteiger partial charge in [0.15, 0.2) is 29.3 Å². The van der Waals surface area contributed by atoms with Gasteiger partial charge in [-0.1, -0.05) is 0 Å². The van der Waals surface area contributed by atoms with Gasteiger partial charge in [0.1, 0.15) is 59.1 Å². The van der Waals surface area contributed by atoms with Gasteiger partial charge in [0.2, 0.25) is 12.0 Å². The van der Waals surface area contributed by atoms with Crippen LogP contribution in [0.4, 0.5) is 0 Å². The summed E-state index contributed by atoms with van der Waals surface area (Å²) in [6.07, 6.45) is -16.1. The van der Waals surface area contributed by atoms with Gasteiger partial charge in [0, 0.05) is 17.7 Å². The average Bonchev–Trinajstić information content (AvgIpc) is 2.96. The molecule has 0 bridgehead atoms. The van der Waals surface area contributed by atoms with Crippen molar-refractivity contribution < 1.29 is 69.3 Å². The van der Waals surface area contributed by atoms with Crippen molar-refractivity contribution >= 4 is 11.0 Å². The Bertz CT molecular complexity index is 1470. The first-order valence-electron chi connectivity index (χ1n) is 12.9. The Balaban J connectivity index is 1.51. The van der Waals surface area contributed by atoms with Crippen molar-refractivity contribution in [3.8, 4) is 34.3 Å². The summed E-state index contributed by atoms with van der Waals surface area (Å²) < 4.78 is 28.1. The smallest absolute Gasteiger partial charge is 0.229 e. The molecule has 1 aromatic heterocycles. The third kappa shape index (κ3) is 5.37. The summed E-state index contributed by atoms with van der Waals surface area (Å²) in [6, 6.07) is 7.83. The van der Waals surface area contributed by atoms with E-state index in [0.717, 1.165) is 12.1 Å². The van der Waals surface area contributed by atoms with Gasteiger partial charge in [-0.05, 0) is 31.2 Å². The normalized spacial score (nSPS) is 33.5. The minimum Gasteiger partial charge on any atom is -0.508 e. The standard InChI is InChI=1S/C27H30O15/c1-9-18(31)22(35)24(37)26(38-9)42-25-23(36)20(33)16(8-28)41-27(25)40-15-7-14-17(21(34)19(15)32)12(30)6-13(39-14)10-2-4-11(29)5-3-10/h2-7,9,16,18,20,22-29,31-37H,8H2,1H3/t9-,16-,18-,20-,22-,23+,24-,25-,26-,27-/m0/s1. The van der Waals surface area contributed by atoms with Crippen LogP contribution in [-0.2, 0) is 14.2 Å². The highest BCUT2D eigenvalue weighted by Gasteiger charge is 2.51. The van der Waals surface area contributed by atoms with Gasteiger partial charge in [-0.3, -0.25) is 4.79 Å². The van der Waals surface area contributed by atoms with Crippen LogP contribution in [0.25, 0.3) is 22.3 Å². The lowest BCUT2D eigenvalue weighted by Crippen LogP contribution is -2.64. The van der Waals surface area contributed by atoms with Crippen LogP contribution >= 0.6 is 0 Å². The lowest BCUT2D eigenvalue weighted by atomic mass is 9.97. The third-order valence-corrected chi connectivity index (χ3v) is 7.25. The van der Waals surface area contributed by atoms with Gasteiger partial charge in [-0.25, -0.2) is 0 Å². The van der Waals surface area contributed by atoms with E-state index in [1.165, 1.54) is 31.2 Å². The summed E-state index contributed by atoms with van der Waals surface area (Å²) in [4.78, 5) is 12.8. The number of phenolic OH excluding ortho intramolecular Hbond substituents is 3. The quantitative estimate of drug-likeness (QED) is 0.149. The molecule has 2 aromatic carbocycles. The molecule has 15 nitrogen and oxygen atoms in total. The summed E-state index contributed by atoms with van der Waals surface area (Å²) in [5.74, 6) is -2.33. The molecule has 15 heteroatoms. The van der Waals surface area contributed by atoms with Crippen molar-refractivity contribution in [1.29, 1.82) is 0 Å². The molecule has 0 unspecified atom stereocenters. The van der Waals surface area contributed by atoms with E-state index >= 15 is 0 Å². The molecule has 0 amide bonds. The largest absolute Gasteiger partial charge is 0.508 e. The molecule has 0 saturated carbocycles. The highest BCUT2D eigenvalue weighted by atomic mass is 16.8. The SMILES string of the molecule is C[C@@H]1O[C@@H](O[C@@H]2[C@@H](Oc3cc4oc(-c5ccc(O)cc5)cc(=O)c4c(O)c3O)O[C@@H](CO)[C@H](O)[C@H]2O)[C@@H](O)[C@@H](O)[C@H]1O. The molecule has 0 radical (unpaired) electrons. The third-order valence-electron chi connectivity index (χ3n) is 7.25. The molecule has 2 aliphatic heterocycles. The molecule has 10 atom stereocenters. The van der Waals surface area contributed by atoms with Gasteiger partial charge < -0.3 is 69.3 Å². The Morgan fingerprint density at radius 2 is 1.50 bits per heavy atom. The maximum absolute atomic E-state index is 12.8. The summed E-state index contributed by atoms with van der Waals surface area (Å²) in [5, 5.41) is 91.9. The first kappa shape index (κ1) is 30.0. The number of aromatic hydroxyl groups is 3. The molecular formula is C27H30O15. The fraction of sp³-hybridized carbons (Fsp3) is 0.444. The monoisotopic (exact) mass is 594 g/mol. The van der Waals surface area contributed by atoms with Crippen molar-refractivity contribution in [1.82, 2.24) is 0 Å². The number of hydrogen-bond donors (Lipinski definition) is 9. The summed E-state index contributed by atoms with van der Waals surface area (Å²) >= 11 is 0. The Morgan fingerprint density at radius 1 is 0.810 bits per heavy atom. The van der Waals surface area contributed by atoms with Crippen molar-refractivity contribution in [3.05, 3.63) is 46.6 Å². The van der Waals surface area contributed by atoms with Gasteiger partial charge >= 0.3 is 0 Å². The number of fused-ring (bicyclic) bond motifs is 1. The predicted molar refractivity (Wildman–Crippen MR) is 139 cm³/mol. The molecule has 0 aliphatic carbocycles. The zero-order valence-corrected chi connectivity index (χ0v) is 21.9. The number of ether oxygens (including phenoxy) is 4. The molecule has 0 spiro atoms. The zero-order chi connectivity index (χ0) is 30.5. The Labute approximate surface area is 236 Å². The number of aliphatic hydroxyl groups is 6. The Hall–Kier alpha value is -3.51. The minimum absolute atomic E-state index is 0.0239. The molecule has 2 fully saturated rings. The minimum atomic E-state index is -1.84. The van der Waals surface area contributed by atoms with E-state index in [9.17, 15) is 50.8 Å². The van der Waals surface area contributed by atoms with E-state index < -0.39 is 90.7 Å². The second-order valence-electron chi connectivity index (χ2n) is 10.1. The van der Waals surface area contributed by atoms with Crippen LogP contribution in [0.5, 0.6) is 23.0 Å². The van der Waals surface area contributed by atoms with Crippen LogP contribution in [0.2, 0.25) is 0 Å². The van der Waals surface area contributed by atoms with Crippen LogP contribution in [-0.4, -0.2) is 114 Å². The van der Waals surface area contributed by atoms with Crippen LogP contribution in [0.15, 0.2) is 45.6 Å². The summed E-state index contributed by atoms with van der Waals surface area (Å²) in [5.41, 5.74) is -0.548. The number of aliphatic hydroxyl groups excluding tert-OH is 6. The van der Waals surface area contributed by atoms with E-state index in [2.05, 4.69) is 0 Å². The first-order valence-corrected chi connectivity index (χ1v) is 12.9. The van der Waals surface area contributed by atoms with Crippen molar-refractivity contribution in [2.24, 2.45) is 0 Å². The van der Waals surface area contributed by atoms with Crippen LogP contribution in [0.1, 0.15) is 6.92 Å². The number of benzene rings is 2. The number of rotatable bonds is 6. The topological polar surface area (TPSA) is 249 Å². The molecule has 2 aliphatic rings. The fourth-order valence-corrected chi connectivity index (χ4v) is 4.83. The van der Waals surface area contributed by atoms with Crippen LogP contribution in [0.3, 0.4) is 0 Å². The molecule has 228 valence electrons. The molecule has 3 heterocycles. The highest BCUT2D eigenvalue weighted by molar-refractivity contribution is 5.89. The lowest BCUT2D eigenvalue weighted by Gasteiger charge is -2.45. The molecule has 5 rings (SSSR count). The summed E-state index contributed by atoms with van der Waals surface area (Å²) in [7, 11) is 0. The van der Waals surface area contributed by atoms with Crippen molar-refractivity contribution in [3.63, 3.8) is 0 Å². The van der Waals surface area contributed by atoms with Gasteiger partial charge in [-0.15, -0.1) is 0 Å². The van der Waals surface area contributed by atoms with E-state index in [1.807, 2.05) is 0 Å². The second-order valence-corrected chi connectivity index (χ2v) is 10.1. The van der Waals surface area contributed by atoms with E-state index in [-0.39, 0.29) is 22.5 Å². The number of phenols is 3. The Morgan fingerprint density at radius 3 is 2.17 bits per heavy atom. The molecule has 9 N–H and O–H groups in total. The van der Waals surface area contributed by atoms with Gasteiger partial charge in [0.25, 0.3) is 0 Å².